The molecule has 2 aromatic carbocycles. The van der Waals surface area contributed by atoms with Gasteiger partial charge in [-0.1, -0.05) is 143 Å². The number of carbonyl (C=O) groups excluding carboxylic acids is 2. The van der Waals surface area contributed by atoms with Crippen LogP contribution in [0.1, 0.15) is 179 Å². The quantitative estimate of drug-likeness (QED) is 0.0795. The Balaban J connectivity index is 0.000000804. The molecule has 0 saturated heterocycles. The summed E-state index contributed by atoms with van der Waals surface area (Å²) in [5.74, 6) is -3.33. The minimum atomic E-state index is -4.33. The molecular formula is C46H80N2O6S. The molecule has 8 nitrogen and oxygen atoms in total. The van der Waals surface area contributed by atoms with Crippen LogP contribution in [0.25, 0.3) is 0 Å². The molecule has 2 rings (SSSR count). The van der Waals surface area contributed by atoms with Crippen LogP contribution >= 0.6 is 0 Å². The Hall–Kier alpha value is -2.75. The molecule has 0 bridgehead atoms. The molecule has 0 spiro atoms. The number of hydrogen-bond acceptors (Lipinski definition) is 6. The highest BCUT2D eigenvalue weighted by atomic mass is 32.2. The number of benzene rings is 2. The lowest BCUT2D eigenvalue weighted by molar-refractivity contribution is -0.929. The fraction of sp³-hybridized carbons (Fsp3) is 0.696. The summed E-state index contributed by atoms with van der Waals surface area (Å²) in [6.45, 7) is 30.0. The van der Waals surface area contributed by atoms with E-state index in [1.165, 1.54) is 188 Å². The maximum Gasteiger partial charge on any atom is 0.207 e. The van der Waals surface area contributed by atoms with Crippen molar-refractivity contribution in [1.29, 1.82) is 0 Å². The van der Waals surface area contributed by atoms with E-state index in [1.54, 1.807) is 0 Å². The molecular weight excluding hydrogens is 709 g/mol. The summed E-state index contributed by atoms with van der Waals surface area (Å²) >= 11 is 0. The van der Waals surface area contributed by atoms with Gasteiger partial charge >= 0.3 is 0 Å². The summed E-state index contributed by atoms with van der Waals surface area (Å²) in [6, 6.07) is 9.65. The van der Waals surface area contributed by atoms with Crippen molar-refractivity contribution in [2.24, 2.45) is 0 Å². The third kappa shape index (κ3) is 19.8. The molecule has 9 heteroatoms. The van der Waals surface area contributed by atoms with E-state index in [1.807, 2.05) is 0 Å². The van der Waals surface area contributed by atoms with Crippen molar-refractivity contribution in [3.05, 3.63) is 59.7 Å². The molecule has 55 heavy (non-hydrogen) atoms. The first-order chi connectivity index (χ1) is 26.3. The number of hydrogen-bond donors (Lipinski definition) is 0. The van der Waals surface area contributed by atoms with Gasteiger partial charge in [0.25, 0.3) is 0 Å². The van der Waals surface area contributed by atoms with Crippen LogP contribution in [0, 0.1) is 0 Å². The third-order valence-electron chi connectivity index (χ3n) is 10.7. The van der Waals surface area contributed by atoms with E-state index in [-0.39, 0.29) is 0 Å². The molecule has 0 aliphatic rings. The van der Waals surface area contributed by atoms with E-state index in [0.29, 0.717) is 0 Å². The number of aromatic carboxylic acids is 2. The van der Waals surface area contributed by atoms with E-state index >= 15 is 0 Å². The molecule has 0 heterocycles. The zero-order chi connectivity index (χ0) is 41.6. The molecule has 0 atom stereocenters. The van der Waals surface area contributed by atoms with Gasteiger partial charge in [0, 0.05) is 11.1 Å². The van der Waals surface area contributed by atoms with Gasteiger partial charge in [-0.05, 0) is 63.5 Å². The average Bonchev–Trinajstić information content (AvgIpc) is 3.20. The van der Waals surface area contributed by atoms with Crippen LogP contribution in [-0.2, 0) is 9.84 Å². The zero-order valence-corrected chi connectivity index (χ0v) is 37.2. The molecule has 0 N–H and O–H groups in total. The summed E-state index contributed by atoms with van der Waals surface area (Å²) in [5, 5.41) is 22.0. The van der Waals surface area contributed by atoms with Crippen molar-refractivity contribution >= 4 is 21.8 Å². The van der Waals surface area contributed by atoms with Gasteiger partial charge in [0.2, 0.25) is 9.84 Å². The standard InChI is InChI=1S/2C16H36N.C14H10O6S/c2*1-5-9-13-17(14-10-6-2,15-11-7-3)16-12-8-4;15-13(16)9-5-1-3-7-11(9)21(19,20)12-8-4-2-6-10(12)14(17)18/h2*5-16H2,1-4H3;1-8H,(H,15,16)(H,17,18)/q2*+1;/p-2. The molecule has 316 valence electrons. The average molecular weight is 789 g/mol. The molecule has 0 aliphatic heterocycles. The summed E-state index contributed by atoms with van der Waals surface area (Å²) < 4.78 is 27.8. The minimum Gasteiger partial charge on any atom is -0.545 e. The molecule has 0 aromatic heterocycles. The van der Waals surface area contributed by atoms with Gasteiger partial charge in [-0.2, -0.15) is 0 Å². The van der Waals surface area contributed by atoms with Gasteiger partial charge in [0.15, 0.2) is 0 Å². The smallest absolute Gasteiger partial charge is 0.207 e. The lowest BCUT2D eigenvalue weighted by Crippen LogP contribution is -2.50. The van der Waals surface area contributed by atoms with Crippen LogP contribution in [0.15, 0.2) is 58.3 Å². The molecule has 0 radical (unpaired) electrons. The predicted molar refractivity (Wildman–Crippen MR) is 226 cm³/mol. The van der Waals surface area contributed by atoms with Crippen LogP contribution in [0.4, 0.5) is 0 Å². The SMILES string of the molecule is CCCC[N+](CCCC)(CCCC)CCCC.CCCC[N+](CCCC)(CCCC)CCCC.O=C([O-])c1ccccc1S(=O)(=O)c1ccccc1C(=O)[O-]. The number of sulfone groups is 1. The van der Waals surface area contributed by atoms with Crippen molar-refractivity contribution in [2.45, 2.75) is 168 Å². The molecule has 0 fully saturated rings. The number of carbonyl (C=O) groups is 2. The second-order valence-corrected chi connectivity index (χ2v) is 17.3. The summed E-state index contributed by atoms with van der Waals surface area (Å²) in [7, 11) is -4.33. The van der Waals surface area contributed by atoms with Crippen molar-refractivity contribution in [1.82, 2.24) is 0 Å². The van der Waals surface area contributed by atoms with E-state index in [2.05, 4.69) is 55.4 Å². The normalized spacial score (nSPS) is 11.6. The lowest BCUT2D eigenvalue weighted by Gasteiger charge is -2.39. The molecule has 0 unspecified atom stereocenters. The van der Waals surface area contributed by atoms with Crippen molar-refractivity contribution < 1.29 is 37.2 Å². The number of rotatable bonds is 28. The second kappa shape index (κ2) is 30.4. The number of quaternary nitrogens is 2. The van der Waals surface area contributed by atoms with Crippen molar-refractivity contribution in [3.63, 3.8) is 0 Å². The summed E-state index contributed by atoms with van der Waals surface area (Å²) in [5.41, 5.74) is -1.07. The van der Waals surface area contributed by atoms with Gasteiger partial charge < -0.3 is 28.8 Å². The Labute approximate surface area is 337 Å². The highest BCUT2D eigenvalue weighted by Gasteiger charge is 2.27. The predicted octanol–water partition coefficient (Wildman–Crippen LogP) is 9.25. The van der Waals surface area contributed by atoms with Crippen LogP contribution in [0.2, 0.25) is 0 Å². The zero-order valence-electron chi connectivity index (χ0n) is 36.3. The van der Waals surface area contributed by atoms with E-state index in [0.717, 1.165) is 24.3 Å². The van der Waals surface area contributed by atoms with Crippen molar-refractivity contribution in [3.8, 4) is 0 Å². The van der Waals surface area contributed by atoms with Gasteiger partial charge in [-0.3, -0.25) is 0 Å². The first-order valence-electron chi connectivity index (χ1n) is 21.9. The Morgan fingerprint density at radius 3 is 0.800 bits per heavy atom. The molecule has 0 aliphatic carbocycles. The number of unbranched alkanes of at least 4 members (excludes halogenated alkanes) is 8. The first-order valence-corrected chi connectivity index (χ1v) is 23.4. The maximum atomic E-state index is 12.5. The largest absolute Gasteiger partial charge is 0.545 e. The lowest BCUT2D eigenvalue weighted by atomic mass is 10.1. The summed E-state index contributed by atoms with van der Waals surface area (Å²) in [4.78, 5) is 21.0. The Morgan fingerprint density at radius 2 is 0.618 bits per heavy atom. The number of carboxylic acids is 2. The first kappa shape index (κ1) is 52.2. The highest BCUT2D eigenvalue weighted by Crippen LogP contribution is 2.26. The highest BCUT2D eigenvalue weighted by molar-refractivity contribution is 7.91. The van der Waals surface area contributed by atoms with E-state index < -0.39 is 42.7 Å². The number of carboxylic acid groups (broad SMARTS) is 2. The fourth-order valence-corrected chi connectivity index (χ4v) is 8.78. The topological polar surface area (TPSA) is 114 Å². The van der Waals surface area contributed by atoms with Crippen molar-refractivity contribution in [2.75, 3.05) is 52.4 Å². The Kier molecular flexibility index (Phi) is 28.9. The molecule has 0 amide bonds. The maximum absolute atomic E-state index is 12.5. The molecule has 2 aromatic rings. The van der Waals surface area contributed by atoms with Crippen LogP contribution in [-0.4, -0.2) is 81.7 Å². The second-order valence-electron chi connectivity index (χ2n) is 15.4. The van der Waals surface area contributed by atoms with Gasteiger partial charge in [0.1, 0.15) is 0 Å². The van der Waals surface area contributed by atoms with E-state index in [9.17, 15) is 28.2 Å². The Bertz CT molecular complexity index is 1240. The monoisotopic (exact) mass is 789 g/mol. The van der Waals surface area contributed by atoms with Gasteiger partial charge in [-0.15, -0.1) is 0 Å². The Morgan fingerprint density at radius 1 is 0.418 bits per heavy atom. The van der Waals surface area contributed by atoms with E-state index in [4.69, 9.17) is 0 Å². The van der Waals surface area contributed by atoms with Gasteiger partial charge in [0.05, 0.1) is 74.1 Å². The fourth-order valence-electron chi connectivity index (χ4n) is 7.15. The minimum absolute atomic E-state index is 0.529. The molecule has 0 saturated carbocycles. The van der Waals surface area contributed by atoms with Gasteiger partial charge in [-0.25, -0.2) is 8.42 Å². The van der Waals surface area contributed by atoms with Crippen LogP contribution in [0.3, 0.4) is 0 Å². The van der Waals surface area contributed by atoms with Crippen LogP contribution in [0.5, 0.6) is 0 Å². The number of nitrogens with zero attached hydrogens (tertiary/aromatic N) is 2. The third-order valence-corrected chi connectivity index (χ3v) is 12.6. The summed E-state index contributed by atoms with van der Waals surface area (Å²) in [6.07, 6.45) is 22.1. The van der Waals surface area contributed by atoms with Crippen LogP contribution < -0.4 is 10.2 Å².